The van der Waals surface area contributed by atoms with Gasteiger partial charge in [-0.3, -0.25) is 4.79 Å². The third kappa shape index (κ3) is 3.12. The number of anilines is 1. The summed E-state index contributed by atoms with van der Waals surface area (Å²) in [6, 6.07) is 4.59. The smallest absolute Gasteiger partial charge is 0.326 e. The molecule has 1 unspecified atom stereocenters. The summed E-state index contributed by atoms with van der Waals surface area (Å²) in [6.07, 6.45) is 3.39. The third-order valence-electron chi connectivity index (χ3n) is 3.57. The second-order valence-corrected chi connectivity index (χ2v) is 5.84. The van der Waals surface area contributed by atoms with Crippen molar-refractivity contribution in [2.75, 3.05) is 11.4 Å². The number of hydrogen-bond donors (Lipinski definition) is 2. The van der Waals surface area contributed by atoms with Crippen LogP contribution in [-0.2, 0) is 4.79 Å². The maximum Gasteiger partial charge on any atom is 0.326 e. The summed E-state index contributed by atoms with van der Waals surface area (Å²) in [5, 5.41) is 9.41. The number of carbonyl (C=O) groups is 2. The molecule has 0 radical (unpaired) electrons. The lowest BCUT2D eigenvalue weighted by molar-refractivity contribution is -0.138. The molecule has 0 aromatic heterocycles. The molecule has 5 nitrogen and oxygen atoms in total. The Morgan fingerprint density at radius 2 is 2.05 bits per heavy atom. The molecule has 0 bridgehead atoms. The molecule has 1 fully saturated rings. The van der Waals surface area contributed by atoms with Gasteiger partial charge in [0, 0.05) is 11.0 Å². The highest BCUT2D eigenvalue weighted by atomic mass is 79.9. The zero-order valence-electron chi connectivity index (χ0n) is 11.0. The fourth-order valence-electron chi connectivity index (χ4n) is 2.61. The quantitative estimate of drug-likeness (QED) is 0.884. The average Bonchev–Trinajstić information content (AvgIpc) is 2.64. The van der Waals surface area contributed by atoms with Gasteiger partial charge in [0.05, 0.1) is 11.3 Å². The summed E-state index contributed by atoms with van der Waals surface area (Å²) in [5.41, 5.74) is 6.38. The molecule has 1 aliphatic rings. The maximum atomic E-state index is 11.6. The van der Waals surface area contributed by atoms with Gasteiger partial charge in [-0.1, -0.05) is 28.8 Å². The highest BCUT2D eigenvalue weighted by Gasteiger charge is 2.29. The van der Waals surface area contributed by atoms with Crippen LogP contribution in [0.4, 0.5) is 5.69 Å². The maximum absolute atomic E-state index is 11.6. The summed E-state index contributed by atoms with van der Waals surface area (Å²) in [6.45, 7) is 0.624. The molecule has 108 valence electrons. The Labute approximate surface area is 125 Å². The monoisotopic (exact) mass is 340 g/mol. The summed E-state index contributed by atoms with van der Waals surface area (Å²) < 4.78 is 0.747. The van der Waals surface area contributed by atoms with Crippen LogP contribution in [-0.4, -0.2) is 29.6 Å². The SMILES string of the molecule is NC(=O)c1cc(Br)ccc1N1CCCCCC1C(=O)O. The lowest BCUT2D eigenvalue weighted by atomic mass is 10.1. The molecule has 20 heavy (non-hydrogen) atoms. The minimum atomic E-state index is -0.856. The summed E-state index contributed by atoms with van der Waals surface area (Å²) in [4.78, 5) is 24.9. The van der Waals surface area contributed by atoms with Gasteiger partial charge in [0.2, 0.25) is 0 Å². The van der Waals surface area contributed by atoms with Crippen LogP contribution in [0.1, 0.15) is 36.0 Å². The highest BCUT2D eigenvalue weighted by molar-refractivity contribution is 9.10. The number of primary amides is 1. The molecule has 0 saturated carbocycles. The van der Waals surface area contributed by atoms with E-state index in [9.17, 15) is 14.7 Å². The Bertz CT molecular complexity index is 533. The fourth-order valence-corrected chi connectivity index (χ4v) is 2.97. The highest BCUT2D eigenvalue weighted by Crippen LogP contribution is 2.29. The zero-order chi connectivity index (χ0) is 14.7. The van der Waals surface area contributed by atoms with E-state index in [4.69, 9.17) is 5.73 Å². The largest absolute Gasteiger partial charge is 0.480 e. The second-order valence-electron chi connectivity index (χ2n) is 4.92. The van der Waals surface area contributed by atoms with Crippen molar-refractivity contribution in [3.63, 3.8) is 0 Å². The lowest BCUT2D eigenvalue weighted by Crippen LogP contribution is -2.41. The number of carboxylic acid groups (broad SMARTS) is 1. The van der Waals surface area contributed by atoms with E-state index in [0.717, 1.165) is 23.7 Å². The number of hydrogen-bond acceptors (Lipinski definition) is 3. The number of halogens is 1. The summed E-state index contributed by atoms with van der Waals surface area (Å²) >= 11 is 3.31. The van der Waals surface area contributed by atoms with Crippen molar-refractivity contribution >= 4 is 33.5 Å². The van der Waals surface area contributed by atoms with Gasteiger partial charge in [0.25, 0.3) is 5.91 Å². The molecule has 1 heterocycles. The van der Waals surface area contributed by atoms with E-state index in [1.807, 2.05) is 0 Å². The van der Waals surface area contributed by atoms with Gasteiger partial charge in [-0.05, 0) is 31.0 Å². The molecule has 2 rings (SSSR count). The number of nitrogens with two attached hydrogens (primary N) is 1. The van der Waals surface area contributed by atoms with Gasteiger partial charge in [0.15, 0.2) is 0 Å². The zero-order valence-corrected chi connectivity index (χ0v) is 12.6. The van der Waals surface area contributed by atoms with E-state index in [0.29, 0.717) is 24.2 Å². The number of benzene rings is 1. The molecule has 1 atom stereocenters. The van der Waals surface area contributed by atoms with Gasteiger partial charge >= 0.3 is 5.97 Å². The fraction of sp³-hybridized carbons (Fsp3) is 0.429. The Hall–Kier alpha value is -1.56. The minimum Gasteiger partial charge on any atom is -0.480 e. The third-order valence-corrected chi connectivity index (χ3v) is 4.06. The minimum absolute atomic E-state index is 0.354. The van der Waals surface area contributed by atoms with Crippen molar-refractivity contribution in [3.05, 3.63) is 28.2 Å². The van der Waals surface area contributed by atoms with Crippen molar-refractivity contribution in [3.8, 4) is 0 Å². The molecule has 0 aliphatic carbocycles. The van der Waals surface area contributed by atoms with Crippen molar-refractivity contribution in [2.24, 2.45) is 5.73 Å². The molecule has 3 N–H and O–H groups in total. The first-order chi connectivity index (χ1) is 9.50. The number of rotatable bonds is 3. The normalized spacial score (nSPS) is 19.4. The number of nitrogens with zero attached hydrogens (tertiary/aromatic N) is 1. The Kier molecular flexibility index (Phi) is 4.65. The second kappa shape index (κ2) is 6.26. The molecule has 1 aliphatic heterocycles. The van der Waals surface area contributed by atoms with E-state index in [2.05, 4.69) is 15.9 Å². The number of carbonyl (C=O) groups excluding carboxylic acids is 1. The van der Waals surface area contributed by atoms with Gasteiger partial charge < -0.3 is 15.7 Å². The molecule has 1 aromatic rings. The Balaban J connectivity index is 2.46. The Morgan fingerprint density at radius 3 is 2.70 bits per heavy atom. The van der Waals surface area contributed by atoms with Crippen LogP contribution in [0.5, 0.6) is 0 Å². The first kappa shape index (κ1) is 14.8. The van der Waals surface area contributed by atoms with Crippen LogP contribution in [0, 0.1) is 0 Å². The van der Waals surface area contributed by atoms with Crippen molar-refractivity contribution in [1.29, 1.82) is 0 Å². The molecular weight excluding hydrogens is 324 g/mol. The van der Waals surface area contributed by atoms with Gasteiger partial charge in [-0.15, -0.1) is 0 Å². The molecule has 1 amide bonds. The summed E-state index contributed by atoms with van der Waals surface area (Å²) in [7, 11) is 0. The molecule has 6 heteroatoms. The van der Waals surface area contributed by atoms with E-state index in [1.165, 1.54) is 0 Å². The van der Waals surface area contributed by atoms with E-state index in [-0.39, 0.29) is 0 Å². The van der Waals surface area contributed by atoms with Gasteiger partial charge in [-0.25, -0.2) is 4.79 Å². The van der Waals surface area contributed by atoms with Gasteiger partial charge in [-0.2, -0.15) is 0 Å². The number of amides is 1. The average molecular weight is 341 g/mol. The van der Waals surface area contributed by atoms with Crippen LogP contribution < -0.4 is 10.6 Å². The van der Waals surface area contributed by atoms with E-state index >= 15 is 0 Å². The van der Waals surface area contributed by atoms with Crippen LogP contribution in [0.2, 0.25) is 0 Å². The van der Waals surface area contributed by atoms with Gasteiger partial charge in [0.1, 0.15) is 6.04 Å². The molecular formula is C14H17BrN2O3. The van der Waals surface area contributed by atoms with Crippen LogP contribution >= 0.6 is 15.9 Å². The summed E-state index contributed by atoms with van der Waals surface area (Å²) in [5.74, 6) is -1.40. The van der Waals surface area contributed by atoms with Crippen molar-refractivity contribution < 1.29 is 14.7 Å². The lowest BCUT2D eigenvalue weighted by Gasteiger charge is -2.30. The number of carboxylic acids is 1. The first-order valence-electron chi connectivity index (χ1n) is 6.59. The first-order valence-corrected chi connectivity index (χ1v) is 7.39. The van der Waals surface area contributed by atoms with Crippen molar-refractivity contribution in [1.82, 2.24) is 0 Å². The van der Waals surface area contributed by atoms with Crippen LogP contribution in [0.15, 0.2) is 22.7 Å². The van der Waals surface area contributed by atoms with E-state index < -0.39 is 17.9 Å². The predicted octanol–water partition coefficient (Wildman–Crippen LogP) is 2.38. The molecule has 1 aromatic carbocycles. The van der Waals surface area contributed by atoms with Crippen molar-refractivity contribution in [2.45, 2.75) is 31.7 Å². The topological polar surface area (TPSA) is 83.6 Å². The van der Waals surface area contributed by atoms with Crippen LogP contribution in [0.3, 0.4) is 0 Å². The standard InChI is InChI=1S/C14H17BrN2O3/c15-9-5-6-11(10(8-9)13(16)18)17-7-3-1-2-4-12(17)14(19)20/h5-6,8,12H,1-4,7H2,(H2,16,18)(H,19,20). The predicted molar refractivity (Wildman–Crippen MR) is 79.9 cm³/mol. The molecule has 1 saturated heterocycles. The van der Waals surface area contributed by atoms with Crippen LogP contribution in [0.25, 0.3) is 0 Å². The molecule has 0 spiro atoms. The number of aliphatic carboxylic acids is 1. The van der Waals surface area contributed by atoms with E-state index in [1.54, 1.807) is 23.1 Å². The Morgan fingerprint density at radius 1 is 1.30 bits per heavy atom.